The van der Waals surface area contributed by atoms with Gasteiger partial charge in [0.05, 0.1) is 11.3 Å². The predicted octanol–water partition coefficient (Wildman–Crippen LogP) is 1.87. The number of hydrogen-bond donors (Lipinski definition) is 1. The van der Waals surface area contributed by atoms with Crippen LogP contribution in [0.15, 0.2) is 4.42 Å². The van der Waals surface area contributed by atoms with E-state index in [1.165, 1.54) is 0 Å². The number of aromatic nitrogens is 2. The summed E-state index contributed by atoms with van der Waals surface area (Å²) in [5, 5.41) is 11.1. The molecule has 1 aliphatic rings. The second-order valence-electron chi connectivity index (χ2n) is 6.56. The Balaban J connectivity index is 2.02. The monoisotopic (exact) mass is 344 g/mol. The van der Waals surface area contributed by atoms with E-state index in [0.29, 0.717) is 24.9 Å². The molecular formula is C15H28N4O3S. The van der Waals surface area contributed by atoms with E-state index >= 15 is 0 Å². The highest BCUT2D eigenvalue weighted by molar-refractivity contribution is 7.89. The van der Waals surface area contributed by atoms with E-state index in [9.17, 15) is 8.42 Å². The van der Waals surface area contributed by atoms with Gasteiger partial charge >= 0.3 is 0 Å². The van der Waals surface area contributed by atoms with Crippen molar-refractivity contribution in [2.45, 2.75) is 64.8 Å². The van der Waals surface area contributed by atoms with Crippen molar-refractivity contribution < 1.29 is 12.8 Å². The second kappa shape index (κ2) is 7.27. The van der Waals surface area contributed by atoms with Gasteiger partial charge in [-0.25, -0.2) is 12.7 Å². The fourth-order valence-electron chi connectivity index (χ4n) is 3.04. The lowest BCUT2D eigenvalue weighted by molar-refractivity contribution is 0.186. The van der Waals surface area contributed by atoms with Gasteiger partial charge in [0.1, 0.15) is 0 Å². The molecule has 132 valence electrons. The van der Waals surface area contributed by atoms with Gasteiger partial charge in [0, 0.05) is 26.1 Å². The second-order valence-corrected chi connectivity index (χ2v) is 9.05. The zero-order chi connectivity index (χ0) is 17.2. The molecule has 0 spiro atoms. The van der Waals surface area contributed by atoms with Gasteiger partial charge in [-0.3, -0.25) is 0 Å². The van der Waals surface area contributed by atoms with Gasteiger partial charge in [-0.2, -0.15) is 0 Å². The van der Waals surface area contributed by atoms with Crippen LogP contribution in [-0.2, 0) is 10.0 Å². The minimum atomic E-state index is -3.18. The molecule has 2 rings (SSSR count). The first kappa shape index (κ1) is 18.4. The van der Waals surface area contributed by atoms with E-state index in [-0.39, 0.29) is 23.3 Å². The van der Waals surface area contributed by atoms with Crippen LogP contribution >= 0.6 is 0 Å². The summed E-state index contributed by atoms with van der Waals surface area (Å²) in [6.07, 6.45) is 1.72. The zero-order valence-electron chi connectivity index (χ0n) is 14.6. The number of aryl methyl sites for hydroxylation is 1. The maximum atomic E-state index is 12.4. The Morgan fingerprint density at radius 3 is 2.57 bits per heavy atom. The maximum absolute atomic E-state index is 12.4. The van der Waals surface area contributed by atoms with Crippen LogP contribution < -0.4 is 5.32 Å². The summed E-state index contributed by atoms with van der Waals surface area (Å²) >= 11 is 0. The van der Waals surface area contributed by atoms with Crippen molar-refractivity contribution in [3.63, 3.8) is 0 Å². The van der Waals surface area contributed by atoms with Crippen LogP contribution in [0, 0.1) is 12.8 Å². The Morgan fingerprint density at radius 1 is 1.35 bits per heavy atom. The molecule has 1 fully saturated rings. The van der Waals surface area contributed by atoms with Crippen molar-refractivity contribution in [1.29, 1.82) is 0 Å². The summed E-state index contributed by atoms with van der Waals surface area (Å²) in [5.74, 6) is 1.41. The summed E-state index contributed by atoms with van der Waals surface area (Å²) < 4.78 is 31.9. The van der Waals surface area contributed by atoms with Crippen LogP contribution in [0.1, 0.15) is 58.4 Å². The van der Waals surface area contributed by atoms with Crippen LogP contribution in [0.5, 0.6) is 0 Å². The van der Waals surface area contributed by atoms with Crippen molar-refractivity contribution in [2.24, 2.45) is 5.92 Å². The van der Waals surface area contributed by atoms with Gasteiger partial charge in [-0.05, 0) is 33.1 Å². The first-order valence-electron chi connectivity index (χ1n) is 8.30. The Hall–Kier alpha value is -0.990. The molecule has 0 bridgehead atoms. The molecule has 0 saturated carbocycles. The summed E-state index contributed by atoms with van der Waals surface area (Å²) in [6, 6.07) is 0.212. The quantitative estimate of drug-likeness (QED) is 0.847. The summed E-state index contributed by atoms with van der Waals surface area (Å²) in [4.78, 5) is 0. The van der Waals surface area contributed by atoms with Crippen LogP contribution in [0.25, 0.3) is 0 Å². The molecule has 8 heteroatoms. The summed E-state index contributed by atoms with van der Waals surface area (Å²) in [5.41, 5.74) is 0. The normalized spacial score (nSPS) is 25.0. The fourth-order valence-corrected chi connectivity index (χ4v) is 4.40. The highest BCUT2D eigenvalue weighted by atomic mass is 32.2. The van der Waals surface area contributed by atoms with Crippen molar-refractivity contribution in [2.75, 3.05) is 13.1 Å². The molecule has 0 radical (unpaired) electrons. The first-order chi connectivity index (χ1) is 10.8. The fraction of sp³-hybridized carbons (Fsp3) is 0.867. The highest BCUT2D eigenvalue weighted by Gasteiger charge is 2.36. The van der Waals surface area contributed by atoms with Gasteiger partial charge in [-0.1, -0.05) is 13.3 Å². The van der Waals surface area contributed by atoms with E-state index in [1.807, 2.05) is 6.92 Å². The molecule has 1 aliphatic heterocycles. The van der Waals surface area contributed by atoms with Crippen LogP contribution in [0.4, 0.5) is 0 Å². The molecule has 3 atom stereocenters. The first-order valence-corrected chi connectivity index (χ1v) is 9.81. The standard InChI is InChI=1S/C15H28N4O3S/c1-6-13-9-19(23(20,21)10(2)3)8-7-14(13)16-11(4)15-18-17-12(5)22-15/h10-11,13-14,16H,6-9H2,1-5H3/t11-,13-,14-/m1/s1. The molecule has 0 unspecified atom stereocenters. The molecule has 23 heavy (non-hydrogen) atoms. The van der Waals surface area contributed by atoms with Crippen molar-refractivity contribution in [1.82, 2.24) is 19.8 Å². The Labute approximate surface area is 138 Å². The number of hydrogen-bond acceptors (Lipinski definition) is 6. The van der Waals surface area contributed by atoms with Gasteiger partial charge in [0.25, 0.3) is 0 Å². The molecule has 7 nitrogen and oxygen atoms in total. The van der Waals surface area contributed by atoms with Crippen molar-refractivity contribution >= 4 is 10.0 Å². The third-order valence-corrected chi connectivity index (χ3v) is 6.80. The lowest BCUT2D eigenvalue weighted by Crippen LogP contribution is -2.52. The van der Waals surface area contributed by atoms with E-state index in [2.05, 4.69) is 22.4 Å². The van der Waals surface area contributed by atoms with Crippen LogP contribution in [-0.4, -0.2) is 47.3 Å². The number of sulfonamides is 1. The minimum Gasteiger partial charge on any atom is -0.424 e. The van der Waals surface area contributed by atoms with Gasteiger partial charge in [-0.15, -0.1) is 10.2 Å². The molecular weight excluding hydrogens is 316 g/mol. The van der Waals surface area contributed by atoms with Gasteiger partial charge in [0.2, 0.25) is 21.8 Å². The molecule has 1 saturated heterocycles. The number of rotatable bonds is 6. The number of nitrogens with zero attached hydrogens (tertiary/aromatic N) is 3. The Morgan fingerprint density at radius 2 is 2.04 bits per heavy atom. The van der Waals surface area contributed by atoms with E-state index in [1.54, 1.807) is 25.1 Å². The van der Waals surface area contributed by atoms with Crippen molar-refractivity contribution in [3.8, 4) is 0 Å². The third-order valence-electron chi connectivity index (χ3n) is 4.55. The molecule has 0 amide bonds. The van der Waals surface area contributed by atoms with E-state index < -0.39 is 10.0 Å². The SMILES string of the molecule is CC[C@@H]1CN(S(=O)(=O)C(C)C)CC[C@H]1N[C@H](C)c1nnc(C)o1. The third kappa shape index (κ3) is 4.10. The lowest BCUT2D eigenvalue weighted by atomic mass is 9.90. The van der Waals surface area contributed by atoms with Crippen molar-refractivity contribution in [3.05, 3.63) is 11.8 Å². The predicted molar refractivity (Wildman–Crippen MR) is 88.4 cm³/mol. The Kier molecular flexibility index (Phi) is 5.80. The molecule has 1 aromatic heterocycles. The number of piperidine rings is 1. The van der Waals surface area contributed by atoms with E-state index in [0.717, 1.165) is 12.8 Å². The topological polar surface area (TPSA) is 88.3 Å². The highest BCUT2D eigenvalue weighted by Crippen LogP contribution is 2.26. The van der Waals surface area contributed by atoms with Crippen LogP contribution in [0.3, 0.4) is 0 Å². The molecule has 2 heterocycles. The average Bonchev–Trinajstić information content (AvgIpc) is 2.94. The molecule has 0 aliphatic carbocycles. The smallest absolute Gasteiger partial charge is 0.233 e. The summed E-state index contributed by atoms with van der Waals surface area (Å²) in [7, 11) is -3.18. The van der Waals surface area contributed by atoms with Gasteiger partial charge in [0.15, 0.2) is 0 Å². The molecule has 1 N–H and O–H groups in total. The maximum Gasteiger partial charge on any atom is 0.233 e. The summed E-state index contributed by atoms with van der Waals surface area (Å²) in [6.45, 7) is 10.5. The average molecular weight is 344 g/mol. The molecule has 1 aromatic rings. The Bertz CT molecular complexity index is 614. The van der Waals surface area contributed by atoms with Gasteiger partial charge < -0.3 is 9.73 Å². The molecule has 0 aromatic carbocycles. The zero-order valence-corrected chi connectivity index (χ0v) is 15.4. The largest absolute Gasteiger partial charge is 0.424 e. The lowest BCUT2D eigenvalue weighted by Gasteiger charge is -2.39. The number of nitrogens with one attached hydrogen (secondary N) is 1. The minimum absolute atomic E-state index is 0.0384. The van der Waals surface area contributed by atoms with Crippen LogP contribution in [0.2, 0.25) is 0 Å². The van der Waals surface area contributed by atoms with E-state index in [4.69, 9.17) is 4.42 Å².